The summed E-state index contributed by atoms with van der Waals surface area (Å²) in [6, 6.07) is 89.1. The normalized spacial score (nSPS) is 11.8. The monoisotopic (exact) mass is 812 g/mol. The fourth-order valence-electron chi connectivity index (χ4n) is 10.2. The second-order valence-electron chi connectivity index (χ2n) is 16.9. The Morgan fingerprint density at radius 1 is 0.250 bits per heavy atom. The molecule has 0 fully saturated rings. The first-order valence-electron chi connectivity index (χ1n) is 22.1. The van der Waals surface area contributed by atoms with E-state index in [1.165, 1.54) is 97.9 Å². The van der Waals surface area contributed by atoms with Crippen LogP contribution in [0.25, 0.3) is 104 Å². The van der Waals surface area contributed by atoms with Crippen molar-refractivity contribution in [3.63, 3.8) is 0 Å². The summed E-state index contributed by atoms with van der Waals surface area (Å²) in [5.41, 5.74) is 11.7. The van der Waals surface area contributed by atoms with Crippen molar-refractivity contribution in [1.82, 2.24) is 4.57 Å². The first-order valence-corrected chi connectivity index (χ1v) is 22.1. The maximum atomic E-state index is 2.44. The van der Waals surface area contributed by atoms with E-state index in [0.29, 0.717) is 0 Å². The molecule has 0 atom stereocenters. The molecule has 0 spiro atoms. The highest BCUT2D eigenvalue weighted by molar-refractivity contribution is 6.19. The first kappa shape index (κ1) is 36.2. The molecule has 2 heteroatoms. The third kappa shape index (κ3) is 5.88. The van der Waals surface area contributed by atoms with E-state index in [-0.39, 0.29) is 0 Å². The van der Waals surface area contributed by atoms with E-state index >= 15 is 0 Å². The van der Waals surface area contributed by atoms with Crippen LogP contribution in [0.2, 0.25) is 0 Å². The topological polar surface area (TPSA) is 8.17 Å². The molecule has 0 radical (unpaired) electrons. The second kappa shape index (κ2) is 14.6. The van der Waals surface area contributed by atoms with Crippen LogP contribution in [0, 0.1) is 0 Å². The van der Waals surface area contributed by atoms with Crippen LogP contribution < -0.4 is 4.90 Å². The molecule has 0 aliphatic rings. The van der Waals surface area contributed by atoms with Gasteiger partial charge in [0.25, 0.3) is 0 Å². The van der Waals surface area contributed by atoms with Gasteiger partial charge in [-0.05, 0) is 131 Å². The summed E-state index contributed by atoms with van der Waals surface area (Å²) in [7, 11) is 0. The predicted octanol–water partition coefficient (Wildman–Crippen LogP) is 17.4. The summed E-state index contributed by atoms with van der Waals surface area (Å²) in [4.78, 5) is 2.39. The molecule has 0 unspecified atom stereocenters. The maximum Gasteiger partial charge on any atom is 0.0619 e. The Morgan fingerprint density at radius 2 is 0.672 bits per heavy atom. The van der Waals surface area contributed by atoms with Crippen molar-refractivity contribution >= 4 is 92.7 Å². The van der Waals surface area contributed by atoms with E-state index < -0.39 is 0 Å². The minimum Gasteiger partial charge on any atom is -0.310 e. The van der Waals surface area contributed by atoms with Gasteiger partial charge in [0, 0.05) is 38.9 Å². The summed E-state index contributed by atoms with van der Waals surface area (Å²) < 4.78 is 2.44. The number of nitrogens with zero attached hydrogens (tertiary/aromatic N) is 2. The Hall–Kier alpha value is -8.46. The minimum atomic E-state index is 1.10. The summed E-state index contributed by atoms with van der Waals surface area (Å²) >= 11 is 0. The van der Waals surface area contributed by atoms with Crippen LogP contribution in [-0.4, -0.2) is 4.57 Å². The fourth-order valence-corrected chi connectivity index (χ4v) is 10.2. The van der Waals surface area contributed by atoms with Gasteiger partial charge in [0.1, 0.15) is 0 Å². The molecule has 0 saturated heterocycles. The first-order chi connectivity index (χ1) is 31.7. The third-order valence-electron chi connectivity index (χ3n) is 13.3. The maximum absolute atomic E-state index is 2.44. The van der Waals surface area contributed by atoms with Crippen molar-refractivity contribution in [2.75, 3.05) is 4.90 Å². The van der Waals surface area contributed by atoms with Gasteiger partial charge >= 0.3 is 0 Å². The van der Waals surface area contributed by atoms with Crippen LogP contribution >= 0.6 is 0 Å². The lowest BCUT2D eigenvalue weighted by Crippen LogP contribution is -2.09. The largest absolute Gasteiger partial charge is 0.310 e. The zero-order chi connectivity index (χ0) is 42.1. The zero-order valence-electron chi connectivity index (χ0n) is 35.0. The van der Waals surface area contributed by atoms with Crippen molar-refractivity contribution in [3.8, 4) is 27.9 Å². The number of hydrogen-bond acceptors (Lipinski definition) is 1. The van der Waals surface area contributed by atoms with Gasteiger partial charge in [-0.2, -0.15) is 0 Å². The van der Waals surface area contributed by atoms with E-state index in [0.717, 1.165) is 22.7 Å². The molecule has 2 nitrogen and oxygen atoms in total. The van der Waals surface area contributed by atoms with Crippen LogP contribution in [0.1, 0.15) is 0 Å². The molecule has 0 amide bonds. The highest BCUT2D eigenvalue weighted by Gasteiger charge is 2.18. The molecular weight excluding hydrogens is 773 g/mol. The van der Waals surface area contributed by atoms with Crippen LogP contribution in [-0.2, 0) is 0 Å². The van der Waals surface area contributed by atoms with Crippen LogP contribution in [0.15, 0.2) is 243 Å². The number of aromatic nitrogens is 1. The van der Waals surface area contributed by atoms with Gasteiger partial charge in [0.15, 0.2) is 0 Å². The fraction of sp³-hybridized carbons (Fsp3) is 0. The Kier molecular flexibility index (Phi) is 8.25. The van der Waals surface area contributed by atoms with Crippen molar-refractivity contribution < 1.29 is 0 Å². The molecular formula is C62H40N2. The molecule has 12 aromatic carbocycles. The number of fused-ring (bicyclic) bond motifs is 11. The molecule has 0 saturated carbocycles. The standard InChI is InChI=1S/C62H40N2/c1-2-13-50(14-3-1)64-61-39-49(30-36-57(61)58-37-29-45-12-6-9-17-56(45)62(58)64)42-26-33-52(34-27-42)63(53-35-28-47-21-19-44-11-5-8-16-55(44)60(47)40-53)51-31-24-41(25-32-51)48-23-22-46-20-18-43-10-4-7-15-54(43)59(46)38-48/h1-40H. The summed E-state index contributed by atoms with van der Waals surface area (Å²) in [5, 5.41) is 15.1. The number of hydrogen-bond donors (Lipinski definition) is 0. The summed E-state index contributed by atoms with van der Waals surface area (Å²) in [6.07, 6.45) is 0. The van der Waals surface area contributed by atoms with Gasteiger partial charge in [-0.25, -0.2) is 0 Å². The van der Waals surface area contributed by atoms with Gasteiger partial charge in [-0.3, -0.25) is 0 Å². The van der Waals surface area contributed by atoms with Crippen molar-refractivity contribution in [3.05, 3.63) is 243 Å². The Bertz CT molecular complexity index is 3940. The van der Waals surface area contributed by atoms with E-state index in [9.17, 15) is 0 Å². The molecule has 0 N–H and O–H groups in total. The predicted molar refractivity (Wildman–Crippen MR) is 274 cm³/mol. The van der Waals surface area contributed by atoms with Crippen molar-refractivity contribution in [2.45, 2.75) is 0 Å². The Morgan fingerprint density at radius 3 is 1.31 bits per heavy atom. The van der Waals surface area contributed by atoms with Gasteiger partial charge in [0.05, 0.1) is 11.0 Å². The van der Waals surface area contributed by atoms with Gasteiger partial charge in [-0.1, -0.05) is 182 Å². The minimum absolute atomic E-state index is 1.10. The molecule has 0 bridgehead atoms. The summed E-state index contributed by atoms with van der Waals surface area (Å²) in [5.74, 6) is 0. The molecule has 0 aliphatic carbocycles. The highest BCUT2D eigenvalue weighted by Crippen LogP contribution is 2.42. The number of rotatable bonds is 6. The molecule has 298 valence electrons. The quantitative estimate of drug-likeness (QED) is 0.152. The molecule has 13 aromatic rings. The molecule has 0 aliphatic heterocycles. The molecule has 1 heterocycles. The SMILES string of the molecule is c1ccc(-n2c3cc(-c4ccc(N(c5ccc(-c6ccc7ccc8ccccc8c7c6)cc5)c5ccc6ccc7ccccc7c6c5)cc4)ccc3c3ccc4ccccc4c32)cc1. The lowest BCUT2D eigenvalue weighted by atomic mass is 9.97. The van der Waals surface area contributed by atoms with E-state index in [1.807, 2.05) is 0 Å². The lowest BCUT2D eigenvalue weighted by Gasteiger charge is -2.26. The van der Waals surface area contributed by atoms with Crippen LogP contribution in [0.5, 0.6) is 0 Å². The van der Waals surface area contributed by atoms with Crippen LogP contribution in [0.3, 0.4) is 0 Å². The molecule has 13 rings (SSSR count). The average Bonchev–Trinajstić information content (AvgIpc) is 3.71. The smallest absolute Gasteiger partial charge is 0.0619 e. The Labute approximate surface area is 371 Å². The molecule has 1 aromatic heterocycles. The molecule has 64 heavy (non-hydrogen) atoms. The van der Waals surface area contributed by atoms with Gasteiger partial charge < -0.3 is 9.47 Å². The highest BCUT2D eigenvalue weighted by atomic mass is 15.1. The lowest BCUT2D eigenvalue weighted by molar-refractivity contribution is 1.19. The summed E-state index contributed by atoms with van der Waals surface area (Å²) in [6.45, 7) is 0. The van der Waals surface area contributed by atoms with Gasteiger partial charge in [-0.15, -0.1) is 0 Å². The average molecular weight is 813 g/mol. The van der Waals surface area contributed by atoms with E-state index in [4.69, 9.17) is 0 Å². The van der Waals surface area contributed by atoms with E-state index in [2.05, 4.69) is 252 Å². The van der Waals surface area contributed by atoms with Crippen LogP contribution in [0.4, 0.5) is 17.1 Å². The van der Waals surface area contributed by atoms with Gasteiger partial charge in [0.2, 0.25) is 0 Å². The second-order valence-corrected chi connectivity index (χ2v) is 16.9. The van der Waals surface area contributed by atoms with E-state index in [1.54, 1.807) is 0 Å². The number of benzene rings is 12. The Balaban J connectivity index is 0.933. The third-order valence-corrected chi connectivity index (χ3v) is 13.3. The number of anilines is 3. The van der Waals surface area contributed by atoms with Crippen molar-refractivity contribution in [2.24, 2.45) is 0 Å². The zero-order valence-corrected chi connectivity index (χ0v) is 35.0. The number of para-hydroxylation sites is 1. The van der Waals surface area contributed by atoms with Crippen molar-refractivity contribution in [1.29, 1.82) is 0 Å².